The molecule has 0 saturated heterocycles. The van der Waals surface area contributed by atoms with Crippen molar-refractivity contribution in [1.29, 1.82) is 0 Å². The smallest absolute Gasteiger partial charge is 0.247 e. The van der Waals surface area contributed by atoms with Crippen LogP contribution in [0.4, 0.5) is 0 Å². The second-order valence-corrected chi connectivity index (χ2v) is 10.7. The largest absolute Gasteiger partial charge is 0.383 e. The van der Waals surface area contributed by atoms with Crippen molar-refractivity contribution < 1.29 is 21.6 Å². The Hall–Kier alpha value is -0.480. The third-order valence-electron chi connectivity index (χ3n) is 3.81. The summed E-state index contributed by atoms with van der Waals surface area (Å²) in [5.41, 5.74) is 0.548. The van der Waals surface area contributed by atoms with Gasteiger partial charge in [-0.15, -0.1) is 11.3 Å². The van der Waals surface area contributed by atoms with Crippen molar-refractivity contribution in [3.8, 4) is 0 Å². The van der Waals surface area contributed by atoms with Crippen LogP contribution in [0.1, 0.15) is 31.7 Å². The molecule has 1 aromatic heterocycles. The van der Waals surface area contributed by atoms with E-state index < -0.39 is 24.6 Å². The fourth-order valence-corrected chi connectivity index (χ4v) is 7.93. The first-order valence-electron chi connectivity index (χ1n) is 6.57. The molecule has 0 radical (unpaired) electrons. The molecule has 0 fully saturated rings. The highest BCUT2D eigenvalue weighted by Crippen LogP contribution is 2.45. The second-order valence-electron chi connectivity index (χ2n) is 5.29. The lowest BCUT2D eigenvalue weighted by atomic mass is 9.95. The second kappa shape index (κ2) is 5.62. The van der Waals surface area contributed by atoms with Crippen LogP contribution in [0.25, 0.3) is 0 Å². The van der Waals surface area contributed by atoms with Crippen molar-refractivity contribution in [2.24, 2.45) is 5.14 Å². The number of sulfonamides is 1. The van der Waals surface area contributed by atoms with Crippen molar-refractivity contribution in [2.75, 3.05) is 13.7 Å². The Morgan fingerprint density at radius 2 is 2.14 bits per heavy atom. The molecule has 2 rings (SSSR count). The van der Waals surface area contributed by atoms with Gasteiger partial charge in [0.1, 0.15) is 13.2 Å². The van der Waals surface area contributed by atoms with E-state index in [9.17, 15) is 16.8 Å². The van der Waals surface area contributed by atoms with E-state index >= 15 is 0 Å². The first-order chi connectivity index (χ1) is 9.68. The van der Waals surface area contributed by atoms with E-state index in [0.29, 0.717) is 31.2 Å². The molecular formula is C12H19NO5S3. The summed E-state index contributed by atoms with van der Waals surface area (Å²) < 4.78 is 53.0. The lowest BCUT2D eigenvalue weighted by Crippen LogP contribution is -2.45. The molecule has 0 aromatic carbocycles. The van der Waals surface area contributed by atoms with Crippen LogP contribution < -0.4 is 5.14 Å². The Balaban J connectivity index is 2.60. The van der Waals surface area contributed by atoms with Crippen molar-refractivity contribution in [3.63, 3.8) is 0 Å². The van der Waals surface area contributed by atoms with E-state index in [1.807, 2.05) is 6.92 Å². The van der Waals surface area contributed by atoms with E-state index in [4.69, 9.17) is 9.88 Å². The topological polar surface area (TPSA) is 104 Å². The number of hydrogen-bond acceptors (Lipinski definition) is 6. The van der Waals surface area contributed by atoms with Gasteiger partial charge in [-0.1, -0.05) is 13.3 Å². The van der Waals surface area contributed by atoms with Crippen molar-refractivity contribution >= 4 is 31.2 Å². The van der Waals surface area contributed by atoms with Gasteiger partial charge in [-0.2, -0.15) is 0 Å². The SMILES string of the molecule is CCCC1(COC)CCc2cc(S(N)(=O)=O)sc2S1(=O)=O. The summed E-state index contributed by atoms with van der Waals surface area (Å²) in [4.78, 5) is 0. The molecule has 2 N–H and O–H groups in total. The van der Waals surface area contributed by atoms with Gasteiger partial charge < -0.3 is 4.74 Å². The summed E-state index contributed by atoms with van der Waals surface area (Å²) in [6.07, 6.45) is 2.16. The van der Waals surface area contributed by atoms with Gasteiger partial charge in [0.25, 0.3) is 0 Å². The standard InChI is InChI=1S/C12H19NO5S3/c1-3-5-12(8-18-2)6-4-9-7-10(21(13,16)17)19-11(9)20(12,14)15/h7H,3-6,8H2,1-2H3,(H2,13,16,17). The predicted octanol–water partition coefficient (Wildman–Crippen LogP) is 1.30. The van der Waals surface area contributed by atoms with Gasteiger partial charge in [-0.05, 0) is 30.9 Å². The number of hydrogen-bond donors (Lipinski definition) is 1. The van der Waals surface area contributed by atoms with Crippen LogP contribution in [0.3, 0.4) is 0 Å². The summed E-state index contributed by atoms with van der Waals surface area (Å²) in [6.45, 7) is 2.04. The Bertz CT molecular complexity index is 727. The average Bonchev–Trinajstić information content (AvgIpc) is 2.80. The van der Waals surface area contributed by atoms with Crippen LogP contribution in [-0.2, 0) is 31.0 Å². The van der Waals surface area contributed by atoms with Crippen LogP contribution in [0.2, 0.25) is 0 Å². The third-order valence-corrected chi connectivity index (χ3v) is 9.52. The molecule has 9 heteroatoms. The minimum absolute atomic E-state index is 0.0965. The highest BCUT2D eigenvalue weighted by Gasteiger charge is 2.49. The van der Waals surface area contributed by atoms with Gasteiger partial charge in [-0.3, -0.25) is 0 Å². The number of primary sulfonamides is 1. The molecule has 0 bridgehead atoms. The third kappa shape index (κ3) is 2.77. The molecule has 1 aliphatic heterocycles. The molecule has 1 aromatic rings. The van der Waals surface area contributed by atoms with Crippen molar-refractivity contribution in [2.45, 2.75) is 45.8 Å². The number of methoxy groups -OCH3 is 1. The lowest BCUT2D eigenvalue weighted by Gasteiger charge is -2.35. The van der Waals surface area contributed by atoms with Gasteiger partial charge in [0, 0.05) is 7.11 Å². The molecule has 1 unspecified atom stereocenters. The normalized spacial score (nSPS) is 24.7. The average molecular weight is 353 g/mol. The summed E-state index contributed by atoms with van der Waals surface area (Å²) in [7, 11) is -6.04. The number of fused-ring (bicyclic) bond motifs is 1. The van der Waals surface area contributed by atoms with Crippen molar-refractivity contribution in [3.05, 3.63) is 11.6 Å². The summed E-state index contributed by atoms with van der Waals surface area (Å²) in [5, 5.41) is 5.11. The van der Waals surface area contributed by atoms with E-state index in [1.165, 1.54) is 13.2 Å². The molecule has 6 nitrogen and oxygen atoms in total. The van der Waals surface area contributed by atoms with Gasteiger partial charge in [0.2, 0.25) is 10.0 Å². The first kappa shape index (κ1) is 16.9. The van der Waals surface area contributed by atoms with Crippen LogP contribution in [-0.4, -0.2) is 35.3 Å². The van der Waals surface area contributed by atoms with E-state index in [2.05, 4.69) is 0 Å². The molecule has 120 valence electrons. The van der Waals surface area contributed by atoms with Crippen LogP contribution in [0.5, 0.6) is 0 Å². The Labute approximate surface area is 129 Å². The molecule has 21 heavy (non-hydrogen) atoms. The fraction of sp³-hybridized carbons (Fsp3) is 0.667. The zero-order valence-electron chi connectivity index (χ0n) is 12.0. The number of nitrogens with two attached hydrogens (primary N) is 1. The van der Waals surface area contributed by atoms with E-state index in [1.54, 1.807) is 0 Å². The summed E-state index contributed by atoms with van der Waals surface area (Å²) in [5.74, 6) is 0. The highest BCUT2D eigenvalue weighted by atomic mass is 32.3. The summed E-state index contributed by atoms with van der Waals surface area (Å²) >= 11 is 0.747. The maximum atomic E-state index is 12.9. The van der Waals surface area contributed by atoms with Crippen LogP contribution in [0, 0.1) is 0 Å². The van der Waals surface area contributed by atoms with Gasteiger partial charge in [-0.25, -0.2) is 22.0 Å². The van der Waals surface area contributed by atoms with Crippen LogP contribution in [0.15, 0.2) is 14.5 Å². The molecule has 1 atom stereocenters. The molecule has 0 saturated carbocycles. The Kier molecular flexibility index (Phi) is 4.52. The van der Waals surface area contributed by atoms with E-state index in [-0.39, 0.29) is 15.0 Å². The molecule has 0 spiro atoms. The summed E-state index contributed by atoms with van der Waals surface area (Å²) in [6, 6.07) is 1.38. The quantitative estimate of drug-likeness (QED) is 0.859. The number of ether oxygens (including phenoxy) is 1. The molecule has 1 aliphatic rings. The molecular weight excluding hydrogens is 334 g/mol. The number of thiophene rings is 1. The Morgan fingerprint density at radius 1 is 1.48 bits per heavy atom. The van der Waals surface area contributed by atoms with Crippen molar-refractivity contribution in [1.82, 2.24) is 0 Å². The number of aryl methyl sites for hydroxylation is 1. The first-order valence-corrected chi connectivity index (χ1v) is 10.4. The number of sulfone groups is 1. The minimum Gasteiger partial charge on any atom is -0.383 e. The predicted molar refractivity (Wildman–Crippen MR) is 80.7 cm³/mol. The lowest BCUT2D eigenvalue weighted by molar-refractivity contribution is 0.153. The van der Waals surface area contributed by atoms with Gasteiger partial charge in [0.15, 0.2) is 9.84 Å². The van der Waals surface area contributed by atoms with Gasteiger partial charge >= 0.3 is 0 Å². The fourth-order valence-electron chi connectivity index (χ4n) is 2.82. The monoisotopic (exact) mass is 353 g/mol. The minimum atomic E-state index is -3.89. The highest BCUT2D eigenvalue weighted by molar-refractivity contribution is 7.96. The molecule has 0 amide bonds. The molecule has 2 heterocycles. The zero-order valence-corrected chi connectivity index (χ0v) is 14.4. The van der Waals surface area contributed by atoms with Gasteiger partial charge in [0.05, 0.1) is 6.61 Å². The van der Waals surface area contributed by atoms with Crippen LogP contribution >= 0.6 is 11.3 Å². The Morgan fingerprint density at radius 3 is 2.67 bits per heavy atom. The maximum absolute atomic E-state index is 12.9. The molecule has 0 aliphatic carbocycles. The maximum Gasteiger partial charge on any atom is 0.247 e. The van der Waals surface area contributed by atoms with E-state index in [0.717, 1.165) is 11.3 Å². The zero-order chi connectivity index (χ0) is 15.9. The number of rotatable bonds is 5.